The molecule has 0 atom stereocenters. The van der Waals surface area contributed by atoms with Crippen molar-refractivity contribution < 1.29 is 22.7 Å². The van der Waals surface area contributed by atoms with Gasteiger partial charge >= 0.3 is 6.09 Å². The largest absolute Gasteiger partial charge is 0.444 e. The summed E-state index contributed by atoms with van der Waals surface area (Å²) in [4.78, 5) is 28.4. The summed E-state index contributed by atoms with van der Waals surface area (Å²) in [6.07, 6.45) is -0.296. The van der Waals surface area contributed by atoms with Gasteiger partial charge in [0.1, 0.15) is 5.60 Å². The fourth-order valence-electron chi connectivity index (χ4n) is 2.90. The fraction of sp³-hybridized carbons (Fsp3) is 0.600. The van der Waals surface area contributed by atoms with E-state index in [-0.39, 0.29) is 16.9 Å². The molecule has 1 aromatic carbocycles. The van der Waals surface area contributed by atoms with Crippen molar-refractivity contribution in [3.05, 3.63) is 29.8 Å². The summed E-state index contributed by atoms with van der Waals surface area (Å²) in [5, 5.41) is 2.85. The minimum atomic E-state index is -3.51. The van der Waals surface area contributed by atoms with Crippen LogP contribution < -0.4 is 5.32 Å². The van der Waals surface area contributed by atoms with Crippen LogP contribution in [0.15, 0.2) is 29.2 Å². The van der Waals surface area contributed by atoms with Crippen LogP contribution in [0.2, 0.25) is 0 Å². The SMILES string of the molecule is CN(C)S(=O)(=O)c1ccc(C(=O)NCCN2CCN(C(=O)OC(C)(C)C)CC2)cc1. The van der Waals surface area contributed by atoms with Gasteiger partial charge in [0.25, 0.3) is 5.91 Å². The zero-order valence-electron chi connectivity index (χ0n) is 18.3. The molecule has 2 rings (SSSR count). The molecule has 1 aromatic rings. The van der Waals surface area contributed by atoms with Gasteiger partial charge in [-0.1, -0.05) is 0 Å². The quantitative estimate of drug-likeness (QED) is 0.714. The Labute approximate surface area is 179 Å². The maximum absolute atomic E-state index is 12.3. The monoisotopic (exact) mass is 440 g/mol. The summed E-state index contributed by atoms with van der Waals surface area (Å²) < 4.78 is 30.7. The molecule has 168 valence electrons. The zero-order chi connectivity index (χ0) is 22.5. The van der Waals surface area contributed by atoms with Crippen molar-refractivity contribution >= 4 is 22.0 Å². The van der Waals surface area contributed by atoms with Crippen LogP contribution in [-0.2, 0) is 14.8 Å². The first-order valence-corrected chi connectivity index (χ1v) is 11.4. The molecular formula is C20H32N4O5S. The number of carbonyl (C=O) groups is 2. The maximum Gasteiger partial charge on any atom is 0.410 e. The number of sulfonamides is 1. The predicted molar refractivity (Wildman–Crippen MR) is 114 cm³/mol. The molecule has 0 aromatic heterocycles. The molecule has 30 heavy (non-hydrogen) atoms. The lowest BCUT2D eigenvalue weighted by Gasteiger charge is -2.35. The van der Waals surface area contributed by atoms with E-state index in [4.69, 9.17) is 4.74 Å². The average molecular weight is 441 g/mol. The molecule has 0 bridgehead atoms. The molecule has 0 unspecified atom stereocenters. The van der Waals surface area contributed by atoms with E-state index in [0.717, 1.165) is 4.31 Å². The normalized spacial score (nSPS) is 15.9. The van der Waals surface area contributed by atoms with Gasteiger partial charge in [0.2, 0.25) is 10.0 Å². The van der Waals surface area contributed by atoms with Crippen molar-refractivity contribution in [2.24, 2.45) is 0 Å². The third-order valence-electron chi connectivity index (χ3n) is 4.63. The van der Waals surface area contributed by atoms with E-state index >= 15 is 0 Å². The van der Waals surface area contributed by atoms with Gasteiger partial charge in [-0.15, -0.1) is 0 Å². The number of amides is 2. The smallest absolute Gasteiger partial charge is 0.410 e. The molecule has 1 fully saturated rings. The molecule has 0 spiro atoms. The highest BCUT2D eigenvalue weighted by Crippen LogP contribution is 2.14. The molecule has 10 heteroatoms. The summed E-state index contributed by atoms with van der Waals surface area (Å²) >= 11 is 0. The zero-order valence-corrected chi connectivity index (χ0v) is 19.2. The van der Waals surface area contributed by atoms with Crippen LogP contribution >= 0.6 is 0 Å². The second kappa shape index (κ2) is 9.76. The van der Waals surface area contributed by atoms with Crippen molar-refractivity contribution in [3.8, 4) is 0 Å². The van der Waals surface area contributed by atoms with Crippen LogP contribution in [0.5, 0.6) is 0 Å². The first-order chi connectivity index (χ1) is 13.9. The van der Waals surface area contributed by atoms with Gasteiger partial charge in [0, 0.05) is 58.9 Å². The predicted octanol–water partition coefficient (Wildman–Crippen LogP) is 1.22. The van der Waals surface area contributed by atoms with E-state index in [9.17, 15) is 18.0 Å². The van der Waals surface area contributed by atoms with Crippen LogP contribution in [0, 0.1) is 0 Å². The molecule has 9 nitrogen and oxygen atoms in total. The molecular weight excluding hydrogens is 408 g/mol. The van der Waals surface area contributed by atoms with Crippen molar-refractivity contribution in [2.45, 2.75) is 31.3 Å². The van der Waals surface area contributed by atoms with E-state index < -0.39 is 15.6 Å². The van der Waals surface area contributed by atoms with Gasteiger partial charge < -0.3 is 15.0 Å². The van der Waals surface area contributed by atoms with Gasteiger partial charge in [-0.25, -0.2) is 17.5 Å². The van der Waals surface area contributed by atoms with Crippen molar-refractivity contribution in [1.82, 2.24) is 19.4 Å². The second-order valence-electron chi connectivity index (χ2n) is 8.38. The lowest BCUT2D eigenvalue weighted by molar-refractivity contribution is 0.0147. The Bertz CT molecular complexity index is 839. The lowest BCUT2D eigenvalue weighted by Crippen LogP contribution is -2.51. The average Bonchev–Trinajstić information content (AvgIpc) is 2.67. The van der Waals surface area contributed by atoms with Crippen LogP contribution in [0.25, 0.3) is 0 Å². The number of piperazine rings is 1. The number of hydrogen-bond donors (Lipinski definition) is 1. The number of rotatable bonds is 6. The van der Waals surface area contributed by atoms with E-state index in [2.05, 4.69) is 10.2 Å². The van der Waals surface area contributed by atoms with Crippen molar-refractivity contribution in [2.75, 3.05) is 53.4 Å². The Balaban J connectivity index is 1.76. The highest BCUT2D eigenvalue weighted by molar-refractivity contribution is 7.89. The number of nitrogens with zero attached hydrogens (tertiary/aromatic N) is 3. The van der Waals surface area contributed by atoms with Gasteiger partial charge in [-0.2, -0.15) is 0 Å². The molecule has 1 heterocycles. The number of benzene rings is 1. The van der Waals surface area contributed by atoms with Gasteiger partial charge in [-0.05, 0) is 45.0 Å². The number of hydrogen-bond acceptors (Lipinski definition) is 6. The van der Waals surface area contributed by atoms with E-state index in [1.54, 1.807) is 4.90 Å². The minimum Gasteiger partial charge on any atom is -0.444 e. The Morgan fingerprint density at radius 3 is 2.13 bits per heavy atom. The summed E-state index contributed by atoms with van der Waals surface area (Å²) in [6, 6.07) is 5.87. The number of nitrogens with one attached hydrogen (secondary N) is 1. The van der Waals surface area contributed by atoms with Crippen molar-refractivity contribution in [3.63, 3.8) is 0 Å². The molecule has 1 aliphatic rings. The summed E-state index contributed by atoms with van der Waals surface area (Å²) in [5.41, 5.74) is -0.102. The fourth-order valence-corrected chi connectivity index (χ4v) is 3.80. The summed E-state index contributed by atoms with van der Waals surface area (Å²) in [6.45, 7) is 9.27. The minimum absolute atomic E-state index is 0.145. The van der Waals surface area contributed by atoms with Crippen molar-refractivity contribution in [1.29, 1.82) is 0 Å². The standard InChI is InChI=1S/C20H32N4O5S/c1-20(2,3)29-19(26)24-14-12-23(13-15-24)11-10-21-18(25)16-6-8-17(9-7-16)30(27,28)22(4)5/h6-9H,10-15H2,1-5H3,(H,21,25). The van der Waals surface area contributed by atoms with Crippen LogP contribution in [0.3, 0.4) is 0 Å². The molecule has 0 saturated carbocycles. The summed E-state index contributed by atoms with van der Waals surface area (Å²) in [7, 11) is -0.591. The lowest BCUT2D eigenvalue weighted by atomic mass is 10.2. The van der Waals surface area contributed by atoms with Crippen LogP contribution in [0.1, 0.15) is 31.1 Å². The number of carbonyl (C=O) groups excluding carboxylic acids is 2. The Kier molecular flexibility index (Phi) is 7.84. The van der Waals surface area contributed by atoms with Crippen LogP contribution in [0.4, 0.5) is 4.79 Å². The maximum atomic E-state index is 12.3. The van der Waals surface area contributed by atoms with Gasteiger partial charge in [0.05, 0.1) is 4.90 Å². The molecule has 0 aliphatic carbocycles. The Morgan fingerprint density at radius 2 is 1.63 bits per heavy atom. The Hall–Kier alpha value is -2.17. The molecule has 2 amide bonds. The molecule has 1 N–H and O–H groups in total. The van der Waals surface area contributed by atoms with Gasteiger partial charge in [-0.3, -0.25) is 9.69 Å². The van der Waals surface area contributed by atoms with E-state index in [1.807, 2.05) is 20.8 Å². The molecule has 0 radical (unpaired) electrons. The first-order valence-electron chi connectivity index (χ1n) is 9.91. The highest BCUT2D eigenvalue weighted by Gasteiger charge is 2.25. The second-order valence-corrected chi connectivity index (χ2v) is 10.5. The first kappa shape index (κ1) is 24.1. The topological polar surface area (TPSA) is 99.3 Å². The Morgan fingerprint density at radius 1 is 1.07 bits per heavy atom. The molecule has 1 aliphatic heterocycles. The van der Waals surface area contributed by atoms with E-state index in [1.165, 1.54) is 38.4 Å². The molecule has 1 saturated heterocycles. The third kappa shape index (κ3) is 6.68. The number of ether oxygens (including phenoxy) is 1. The van der Waals surface area contributed by atoms with E-state index in [0.29, 0.717) is 44.8 Å². The van der Waals surface area contributed by atoms with Gasteiger partial charge in [0.15, 0.2) is 0 Å². The van der Waals surface area contributed by atoms with Crippen LogP contribution in [-0.4, -0.2) is 93.5 Å². The highest BCUT2D eigenvalue weighted by atomic mass is 32.2. The third-order valence-corrected chi connectivity index (χ3v) is 6.46. The summed E-state index contributed by atoms with van der Waals surface area (Å²) in [5.74, 6) is -0.254.